The minimum Gasteiger partial charge on any atom is -0.326 e. The van der Waals surface area contributed by atoms with Gasteiger partial charge in [0.05, 0.1) is 11.8 Å². The van der Waals surface area contributed by atoms with Crippen LogP contribution in [0.4, 0.5) is 5.69 Å². The average molecular weight is 238 g/mol. The highest BCUT2D eigenvalue weighted by Crippen LogP contribution is 2.34. The van der Waals surface area contributed by atoms with Crippen LogP contribution in [0.15, 0.2) is 18.2 Å². The van der Waals surface area contributed by atoms with E-state index in [9.17, 15) is 4.79 Å². The van der Waals surface area contributed by atoms with Crippen LogP contribution in [-0.2, 0) is 11.2 Å². The Hall–Kier alpha value is -1.02. The van der Waals surface area contributed by atoms with E-state index in [0.717, 1.165) is 23.2 Å². The van der Waals surface area contributed by atoms with Crippen LogP contribution in [0.2, 0.25) is 0 Å². The van der Waals surface area contributed by atoms with E-state index in [0.29, 0.717) is 12.3 Å². The van der Waals surface area contributed by atoms with Crippen molar-refractivity contribution in [1.29, 1.82) is 0 Å². The van der Waals surface area contributed by atoms with Gasteiger partial charge in [0, 0.05) is 5.69 Å². The molecule has 1 N–H and O–H groups in total. The van der Waals surface area contributed by atoms with Gasteiger partial charge in [-0.2, -0.15) is 0 Å². The van der Waals surface area contributed by atoms with Gasteiger partial charge in [0.25, 0.3) is 0 Å². The molecule has 0 saturated heterocycles. The van der Waals surface area contributed by atoms with Gasteiger partial charge >= 0.3 is 0 Å². The number of hydrogen-bond acceptors (Lipinski definition) is 1. The molecular formula is C13H16ClNO. The predicted molar refractivity (Wildman–Crippen MR) is 66.8 cm³/mol. The summed E-state index contributed by atoms with van der Waals surface area (Å²) < 4.78 is 0. The maximum atomic E-state index is 11.2. The van der Waals surface area contributed by atoms with Crippen molar-refractivity contribution in [2.24, 2.45) is 5.92 Å². The Morgan fingerprint density at radius 2 is 2.25 bits per heavy atom. The van der Waals surface area contributed by atoms with Crippen molar-refractivity contribution in [3.63, 3.8) is 0 Å². The first kappa shape index (κ1) is 11.5. The Morgan fingerprint density at radius 3 is 2.94 bits per heavy atom. The molecule has 2 unspecified atom stereocenters. The number of alkyl halides is 1. The largest absolute Gasteiger partial charge is 0.326 e. The van der Waals surface area contributed by atoms with Crippen LogP contribution in [0.3, 0.4) is 0 Å². The molecule has 1 aromatic rings. The average Bonchev–Trinajstić information content (AvgIpc) is 2.65. The summed E-state index contributed by atoms with van der Waals surface area (Å²) in [6.07, 6.45) is 1.54. The number of carbonyl (C=O) groups is 1. The van der Waals surface area contributed by atoms with Crippen LogP contribution >= 0.6 is 11.6 Å². The van der Waals surface area contributed by atoms with Crippen LogP contribution in [0, 0.1) is 5.92 Å². The molecule has 2 rings (SSSR count). The minimum atomic E-state index is 0.0333. The third-order valence-electron chi connectivity index (χ3n) is 3.22. The molecule has 0 aromatic heterocycles. The monoisotopic (exact) mass is 237 g/mol. The van der Waals surface area contributed by atoms with Crippen molar-refractivity contribution in [3.8, 4) is 0 Å². The third kappa shape index (κ3) is 2.07. The molecule has 1 aliphatic heterocycles. The number of rotatable bonds is 3. The number of nitrogens with one attached hydrogen (secondary N) is 1. The van der Waals surface area contributed by atoms with Crippen molar-refractivity contribution >= 4 is 23.2 Å². The standard InChI is InChI=1S/C13H16ClNO/c1-3-8(2)13(14)9-4-5-11-10(6-9)7-12(16)15-11/h4-6,8,13H,3,7H2,1-2H3,(H,15,16). The van der Waals surface area contributed by atoms with E-state index in [4.69, 9.17) is 11.6 Å². The van der Waals surface area contributed by atoms with Gasteiger partial charge in [0.2, 0.25) is 5.91 Å². The summed E-state index contributed by atoms with van der Waals surface area (Å²) in [6.45, 7) is 4.28. The highest BCUT2D eigenvalue weighted by atomic mass is 35.5. The number of carbonyl (C=O) groups excluding carboxylic acids is 1. The molecule has 0 bridgehead atoms. The molecule has 0 fully saturated rings. The third-order valence-corrected chi connectivity index (χ3v) is 3.90. The molecule has 3 heteroatoms. The summed E-state index contributed by atoms with van der Waals surface area (Å²) in [7, 11) is 0. The van der Waals surface area contributed by atoms with E-state index in [1.165, 1.54) is 0 Å². The molecule has 2 nitrogen and oxygen atoms in total. The molecule has 0 aliphatic carbocycles. The summed E-state index contributed by atoms with van der Waals surface area (Å²) in [5, 5.41) is 2.86. The number of halogens is 1. The highest BCUT2D eigenvalue weighted by molar-refractivity contribution is 6.21. The van der Waals surface area contributed by atoms with Gasteiger partial charge < -0.3 is 5.32 Å². The normalized spacial score (nSPS) is 17.8. The summed E-state index contributed by atoms with van der Waals surface area (Å²) >= 11 is 6.39. The van der Waals surface area contributed by atoms with E-state index in [1.807, 2.05) is 12.1 Å². The Balaban J connectivity index is 2.25. The van der Waals surface area contributed by atoms with Crippen LogP contribution in [0.1, 0.15) is 36.8 Å². The lowest BCUT2D eigenvalue weighted by molar-refractivity contribution is -0.115. The molecule has 1 heterocycles. The van der Waals surface area contributed by atoms with Crippen molar-refractivity contribution in [3.05, 3.63) is 29.3 Å². The number of anilines is 1. The summed E-state index contributed by atoms with van der Waals surface area (Å²) in [4.78, 5) is 11.2. The number of fused-ring (bicyclic) bond motifs is 1. The zero-order valence-corrected chi connectivity index (χ0v) is 10.3. The van der Waals surface area contributed by atoms with Crippen molar-refractivity contribution < 1.29 is 4.79 Å². The fourth-order valence-corrected chi connectivity index (χ4v) is 2.27. The Morgan fingerprint density at radius 1 is 1.50 bits per heavy atom. The lowest BCUT2D eigenvalue weighted by atomic mass is 9.96. The first-order chi connectivity index (χ1) is 7.61. The zero-order chi connectivity index (χ0) is 11.7. The van der Waals surface area contributed by atoms with Gasteiger partial charge in [-0.1, -0.05) is 32.4 Å². The first-order valence-electron chi connectivity index (χ1n) is 5.68. The molecule has 1 aliphatic rings. The maximum Gasteiger partial charge on any atom is 0.228 e. The SMILES string of the molecule is CCC(C)C(Cl)c1ccc2c(c1)CC(=O)N2. The molecule has 2 atom stereocenters. The quantitative estimate of drug-likeness (QED) is 0.801. The summed E-state index contributed by atoms with van der Waals surface area (Å²) in [5.74, 6) is 0.520. The van der Waals surface area contributed by atoms with Crippen LogP contribution < -0.4 is 5.32 Å². The van der Waals surface area contributed by atoms with Gasteiger partial charge in [-0.15, -0.1) is 11.6 Å². The van der Waals surface area contributed by atoms with Gasteiger partial charge in [-0.25, -0.2) is 0 Å². The predicted octanol–water partition coefficient (Wildman–Crippen LogP) is 3.51. The summed E-state index contributed by atoms with van der Waals surface area (Å²) in [5.41, 5.74) is 3.12. The van der Waals surface area contributed by atoms with E-state index in [-0.39, 0.29) is 11.3 Å². The summed E-state index contributed by atoms with van der Waals surface area (Å²) in [6, 6.07) is 6.01. The Bertz CT molecular complexity index is 416. The van der Waals surface area contributed by atoms with Crippen LogP contribution in [-0.4, -0.2) is 5.91 Å². The number of benzene rings is 1. The van der Waals surface area contributed by atoms with Crippen molar-refractivity contribution in [1.82, 2.24) is 0 Å². The van der Waals surface area contributed by atoms with Crippen molar-refractivity contribution in [2.75, 3.05) is 5.32 Å². The Kier molecular flexibility index (Phi) is 3.20. The number of hydrogen-bond donors (Lipinski definition) is 1. The zero-order valence-electron chi connectivity index (χ0n) is 9.59. The number of amides is 1. The molecule has 0 radical (unpaired) electrons. The van der Waals surface area contributed by atoms with Gasteiger partial charge in [-0.3, -0.25) is 4.79 Å². The second-order valence-electron chi connectivity index (χ2n) is 4.43. The molecule has 86 valence electrons. The molecule has 0 saturated carbocycles. The second kappa shape index (κ2) is 4.46. The van der Waals surface area contributed by atoms with Crippen LogP contribution in [0.25, 0.3) is 0 Å². The second-order valence-corrected chi connectivity index (χ2v) is 4.90. The van der Waals surface area contributed by atoms with Crippen LogP contribution in [0.5, 0.6) is 0 Å². The lowest BCUT2D eigenvalue weighted by Crippen LogP contribution is -2.03. The fraction of sp³-hybridized carbons (Fsp3) is 0.462. The maximum absolute atomic E-state index is 11.2. The van der Waals surface area contributed by atoms with E-state index >= 15 is 0 Å². The highest BCUT2D eigenvalue weighted by Gasteiger charge is 2.21. The van der Waals surface area contributed by atoms with E-state index in [2.05, 4.69) is 25.2 Å². The smallest absolute Gasteiger partial charge is 0.228 e. The Labute approximate surface area is 101 Å². The molecule has 16 heavy (non-hydrogen) atoms. The molecule has 0 spiro atoms. The van der Waals surface area contributed by atoms with Gasteiger partial charge in [0.1, 0.15) is 0 Å². The lowest BCUT2D eigenvalue weighted by Gasteiger charge is -2.17. The van der Waals surface area contributed by atoms with Gasteiger partial charge in [0.15, 0.2) is 0 Å². The van der Waals surface area contributed by atoms with E-state index in [1.54, 1.807) is 0 Å². The molecule has 1 amide bonds. The molecule has 1 aromatic carbocycles. The first-order valence-corrected chi connectivity index (χ1v) is 6.12. The van der Waals surface area contributed by atoms with Crippen molar-refractivity contribution in [2.45, 2.75) is 32.1 Å². The molecular weight excluding hydrogens is 222 g/mol. The topological polar surface area (TPSA) is 29.1 Å². The van der Waals surface area contributed by atoms with E-state index < -0.39 is 0 Å². The van der Waals surface area contributed by atoms with Gasteiger partial charge in [-0.05, 0) is 23.1 Å². The minimum absolute atomic E-state index is 0.0333. The fourth-order valence-electron chi connectivity index (χ4n) is 1.96.